The summed E-state index contributed by atoms with van der Waals surface area (Å²) in [5.74, 6) is 1.01. The molecule has 2 rings (SSSR count). The topological polar surface area (TPSA) is 29.0 Å². The van der Waals surface area contributed by atoms with Crippen molar-refractivity contribution in [1.29, 1.82) is 0 Å². The van der Waals surface area contributed by atoms with Gasteiger partial charge in [-0.1, -0.05) is 15.9 Å². The molecule has 1 atom stereocenters. The minimum Gasteiger partial charge on any atom is -0.354 e. The lowest BCUT2D eigenvalue weighted by Crippen LogP contribution is -2.36. The molecule has 1 fully saturated rings. The van der Waals surface area contributed by atoms with E-state index in [9.17, 15) is 0 Å². The van der Waals surface area contributed by atoms with Crippen molar-refractivity contribution in [2.24, 2.45) is 0 Å². The molecule has 0 bridgehead atoms. The minimum atomic E-state index is 0.596. The molecule has 0 N–H and O–H groups in total. The van der Waals surface area contributed by atoms with Gasteiger partial charge in [-0.2, -0.15) is 5.10 Å². The van der Waals surface area contributed by atoms with Crippen molar-refractivity contribution in [3.8, 4) is 0 Å². The molecule has 14 heavy (non-hydrogen) atoms. The molecule has 1 aromatic heterocycles. The van der Waals surface area contributed by atoms with Crippen LogP contribution in [-0.2, 0) is 0 Å². The molecule has 76 valence electrons. The van der Waals surface area contributed by atoms with Crippen molar-refractivity contribution in [1.82, 2.24) is 10.2 Å². The Balaban J connectivity index is 2.14. The number of hydrogen-bond acceptors (Lipinski definition) is 3. The van der Waals surface area contributed by atoms with E-state index in [1.165, 1.54) is 18.4 Å². The molecule has 0 radical (unpaired) electrons. The molecule has 0 aliphatic carbocycles. The van der Waals surface area contributed by atoms with Gasteiger partial charge in [0.15, 0.2) is 5.82 Å². The van der Waals surface area contributed by atoms with Gasteiger partial charge in [-0.05, 0) is 31.4 Å². The smallest absolute Gasteiger partial charge is 0.151 e. The predicted molar refractivity (Wildman–Crippen MR) is 60.9 cm³/mol. The highest BCUT2D eigenvalue weighted by atomic mass is 79.9. The Morgan fingerprint density at radius 1 is 1.57 bits per heavy atom. The summed E-state index contributed by atoms with van der Waals surface area (Å²) in [4.78, 5) is 2.89. The molecular formula is C10H14BrN3. The van der Waals surface area contributed by atoms with Crippen LogP contribution in [0.2, 0.25) is 0 Å². The third-order valence-corrected chi connectivity index (χ3v) is 3.21. The zero-order valence-electron chi connectivity index (χ0n) is 8.28. The average molecular weight is 256 g/mol. The summed E-state index contributed by atoms with van der Waals surface area (Å²) in [6, 6.07) is 2.10. The van der Waals surface area contributed by atoms with Crippen LogP contribution in [0.15, 0.2) is 12.3 Å². The van der Waals surface area contributed by atoms with E-state index >= 15 is 0 Å². The molecule has 1 saturated heterocycles. The number of nitrogens with zero attached hydrogens (tertiary/aromatic N) is 3. The normalized spacial score (nSPS) is 22.4. The molecule has 1 aliphatic rings. The number of halogens is 1. The van der Waals surface area contributed by atoms with Gasteiger partial charge in [0, 0.05) is 17.9 Å². The Kier molecular flexibility index (Phi) is 3.01. The number of alkyl halides is 1. The van der Waals surface area contributed by atoms with Gasteiger partial charge in [0.1, 0.15) is 0 Å². The number of hydrogen-bond donors (Lipinski definition) is 0. The van der Waals surface area contributed by atoms with Crippen molar-refractivity contribution >= 4 is 21.7 Å². The summed E-state index contributed by atoms with van der Waals surface area (Å²) in [5, 5.41) is 8.13. The highest BCUT2D eigenvalue weighted by Crippen LogP contribution is 2.21. The fraction of sp³-hybridized carbons (Fsp3) is 0.600. The summed E-state index contributed by atoms with van der Waals surface area (Å²) in [5.41, 5.74) is 1.17. The van der Waals surface area contributed by atoms with Crippen LogP contribution in [0.4, 0.5) is 5.82 Å². The monoisotopic (exact) mass is 255 g/mol. The van der Waals surface area contributed by atoms with Crippen molar-refractivity contribution < 1.29 is 0 Å². The molecule has 1 unspecified atom stereocenters. The quantitative estimate of drug-likeness (QED) is 0.721. The summed E-state index contributed by atoms with van der Waals surface area (Å²) in [7, 11) is 0. The summed E-state index contributed by atoms with van der Waals surface area (Å²) in [6.07, 6.45) is 4.28. The lowest BCUT2D eigenvalue weighted by Gasteiger charge is -2.30. The number of aromatic nitrogens is 2. The number of anilines is 1. The van der Waals surface area contributed by atoms with Crippen LogP contribution in [0.3, 0.4) is 0 Å². The molecule has 3 nitrogen and oxygen atoms in total. The van der Waals surface area contributed by atoms with E-state index in [1.54, 1.807) is 6.20 Å². The summed E-state index contributed by atoms with van der Waals surface area (Å²) < 4.78 is 0. The fourth-order valence-electron chi connectivity index (χ4n) is 1.74. The van der Waals surface area contributed by atoms with E-state index in [-0.39, 0.29) is 0 Å². The Hall–Kier alpha value is -0.640. The Morgan fingerprint density at radius 2 is 2.43 bits per heavy atom. The molecule has 0 spiro atoms. The van der Waals surface area contributed by atoms with E-state index in [4.69, 9.17) is 0 Å². The van der Waals surface area contributed by atoms with Gasteiger partial charge in [-0.25, -0.2) is 0 Å². The molecule has 4 heteroatoms. The molecule has 1 aliphatic heterocycles. The lowest BCUT2D eigenvalue weighted by molar-refractivity contribution is 0.588. The minimum absolute atomic E-state index is 0.596. The second-order valence-corrected chi connectivity index (χ2v) is 5.07. The third kappa shape index (κ3) is 2.23. The third-order valence-electron chi connectivity index (χ3n) is 2.47. The van der Waals surface area contributed by atoms with Gasteiger partial charge in [-0.3, -0.25) is 0 Å². The van der Waals surface area contributed by atoms with Crippen LogP contribution >= 0.6 is 15.9 Å². The number of aryl methyl sites for hydroxylation is 1. The fourth-order valence-corrected chi connectivity index (χ4v) is 2.41. The average Bonchev–Trinajstić information content (AvgIpc) is 2.18. The van der Waals surface area contributed by atoms with Crippen LogP contribution in [0, 0.1) is 6.92 Å². The molecule has 0 amide bonds. The standard InChI is InChI=1S/C10H14BrN3/c1-8-5-10(13-12-6-8)14-4-2-3-9(11)7-14/h5-6,9H,2-4,7H2,1H3. The maximum absolute atomic E-state index is 4.15. The maximum atomic E-state index is 4.15. The first-order chi connectivity index (χ1) is 6.75. The van der Waals surface area contributed by atoms with Crippen LogP contribution in [0.25, 0.3) is 0 Å². The van der Waals surface area contributed by atoms with Gasteiger partial charge in [0.25, 0.3) is 0 Å². The molecule has 2 heterocycles. The zero-order valence-corrected chi connectivity index (χ0v) is 9.87. The largest absolute Gasteiger partial charge is 0.354 e. The SMILES string of the molecule is Cc1cnnc(N2CCCC(Br)C2)c1. The summed E-state index contributed by atoms with van der Waals surface area (Å²) in [6.45, 7) is 4.19. The van der Waals surface area contributed by atoms with Gasteiger partial charge in [-0.15, -0.1) is 5.10 Å². The highest BCUT2D eigenvalue weighted by molar-refractivity contribution is 9.09. The first-order valence-electron chi connectivity index (χ1n) is 4.94. The Bertz CT molecular complexity index is 316. The van der Waals surface area contributed by atoms with Crippen molar-refractivity contribution in [3.63, 3.8) is 0 Å². The number of rotatable bonds is 1. The lowest BCUT2D eigenvalue weighted by atomic mass is 10.1. The molecule has 0 aromatic carbocycles. The predicted octanol–water partition coefficient (Wildman–Crippen LogP) is 2.15. The highest BCUT2D eigenvalue weighted by Gasteiger charge is 2.18. The van der Waals surface area contributed by atoms with Crippen LogP contribution in [-0.4, -0.2) is 28.1 Å². The maximum Gasteiger partial charge on any atom is 0.151 e. The second-order valence-electron chi connectivity index (χ2n) is 3.78. The molecular weight excluding hydrogens is 242 g/mol. The summed E-state index contributed by atoms with van der Waals surface area (Å²) >= 11 is 3.65. The van der Waals surface area contributed by atoms with E-state index in [2.05, 4.69) is 37.1 Å². The van der Waals surface area contributed by atoms with E-state index < -0.39 is 0 Å². The van der Waals surface area contributed by atoms with E-state index in [0.29, 0.717) is 4.83 Å². The van der Waals surface area contributed by atoms with Gasteiger partial charge in [0.05, 0.1) is 6.20 Å². The number of piperidine rings is 1. The van der Waals surface area contributed by atoms with Crippen molar-refractivity contribution in [2.45, 2.75) is 24.6 Å². The van der Waals surface area contributed by atoms with Crippen LogP contribution < -0.4 is 4.90 Å². The Labute approximate surface area is 92.7 Å². The van der Waals surface area contributed by atoms with Gasteiger partial charge < -0.3 is 4.90 Å². The van der Waals surface area contributed by atoms with Gasteiger partial charge >= 0.3 is 0 Å². The zero-order chi connectivity index (χ0) is 9.97. The van der Waals surface area contributed by atoms with E-state index in [1.807, 2.05) is 6.92 Å². The molecule has 1 aromatic rings. The van der Waals surface area contributed by atoms with Crippen LogP contribution in [0.1, 0.15) is 18.4 Å². The first kappa shape index (κ1) is 9.90. The Morgan fingerprint density at radius 3 is 3.14 bits per heavy atom. The van der Waals surface area contributed by atoms with Gasteiger partial charge in [0.2, 0.25) is 0 Å². The van der Waals surface area contributed by atoms with Crippen LogP contribution in [0.5, 0.6) is 0 Å². The first-order valence-corrected chi connectivity index (χ1v) is 5.85. The van der Waals surface area contributed by atoms with E-state index in [0.717, 1.165) is 18.9 Å². The second kappa shape index (κ2) is 4.26. The van der Waals surface area contributed by atoms with Crippen molar-refractivity contribution in [3.05, 3.63) is 17.8 Å². The molecule has 0 saturated carbocycles. The van der Waals surface area contributed by atoms with Crippen molar-refractivity contribution in [2.75, 3.05) is 18.0 Å².